The van der Waals surface area contributed by atoms with E-state index in [4.69, 9.17) is 0 Å². The fourth-order valence-electron chi connectivity index (χ4n) is 1.25. The van der Waals surface area contributed by atoms with Crippen LogP contribution < -0.4 is 0 Å². The van der Waals surface area contributed by atoms with Gasteiger partial charge in [-0.1, -0.05) is 17.9 Å². The van der Waals surface area contributed by atoms with E-state index in [2.05, 4.69) is 22.7 Å². The van der Waals surface area contributed by atoms with Crippen LogP contribution in [0.15, 0.2) is 11.6 Å². The molecule has 0 bridgehead atoms. The highest BCUT2D eigenvalue weighted by Crippen LogP contribution is 2.15. The second-order valence-electron chi connectivity index (χ2n) is 3.03. The van der Waals surface area contributed by atoms with Gasteiger partial charge in [-0.05, 0) is 31.3 Å². The molecule has 1 aliphatic carbocycles. The van der Waals surface area contributed by atoms with Crippen LogP contribution >= 0.6 is 0 Å². The van der Waals surface area contributed by atoms with E-state index in [1.807, 2.05) is 0 Å². The first kappa shape index (κ1) is 9.85. The van der Waals surface area contributed by atoms with E-state index >= 15 is 0 Å². The van der Waals surface area contributed by atoms with Crippen LogP contribution in [0.4, 0.5) is 0 Å². The standard InChI is InChI=1S/C11H14O2/c1-13-11(12)9-5-8-10-6-3-2-4-7-10/h6H,2-4,7,9H2,1H3. The Bertz CT molecular complexity index is 266. The number of allylic oxidation sites excluding steroid dienone is 2. The zero-order valence-corrected chi connectivity index (χ0v) is 7.93. The average Bonchev–Trinajstić information content (AvgIpc) is 2.19. The fourth-order valence-corrected chi connectivity index (χ4v) is 1.25. The van der Waals surface area contributed by atoms with E-state index in [0.29, 0.717) is 0 Å². The van der Waals surface area contributed by atoms with Crippen LogP contribution in [0.1, 0.15) is 32.1 Å². The van der Waals surface area contributed by atoms with E-state index < -0.39 is 0 Å². The molecule has 70 valence electrons. The van der Waals surface area contributed by atoms with Gasteiger partial charge in [-0.25, -0.2) is 0 Å². The molecule has 0 fully saturated rings. The molecule has 0 aromatic heterocycles. The van der Waals surface area contributed by atoms with Gasteiger partial charge >= 0.3 is 5.97 Å². The third kappa shape index (κ3) is 3.80. The molecule has 0 saturated carbocycles. The second-order valence-corrected chi connectivity index (χ2v) is 3.03. The second kappa shape index (κ2) is 5.42. The first-order valence-corrected chi connectivity index (χ1v) is 4.57. The summed E-state index contributed by atoms with van der Waals surface area (Å²) in [5.41, 5.74) is 1.18. The van der Waals surface area contributed by atoms with Crippen molar-refractivity contribution >= 4 is 5.97 Å². The highest BCUT2D eigenvalue weighted by atomic mass is 16.5. The molecule has 1 aliphatic rings. The van der Waals surface area contributed by atoms with Crippen LogP contribution in [0.3, 0.4) is 0 Å². The van der Waals surface area contributed by atoms with Crippen molar-refractivity contribution in [3.05, 3.63) is 11.6 Å². The molecular formula is C11H14O2. The summed E-state index contributed by atoms with van der Waals surface area (Å²) in [6.45, 7) is 0. The highest BCUT2D eigenvalue weighted by molar-refractivity contribution is 5.72. The number of rotatable bonds is 1. The number of carbonyl (C=O) groups excluding carboxylic acids is 1. The van der Waals surface area contributed by atoms with Crippen LogP contribution in [-0.2, 0) is 9.53 Å². The molecule has 0 aliphatic heterocycles. The molecule has 2 nitrogen and oxygen atoms in total. The van der Waals surface area contributed by atoms with E-state index in [1.165, 1.54) is 25.5 Å². The van der Waals surface area contributed by atoms with Gasteiger partial charge in [0.2, 0.25) is 0 Å². The van der Waals surface area contributed by atoms with Gasteiger partial charge in [0.1, 0.15) is 6.42 Å². The first-order valence-electron chi connectivity index (χ1n) is 4.57. The third-order valence-corrected chi connectivity index (χ3v) is 2.00. The van der Waals surface area contributed by atoms with E-state index in [-0.39, 0.29) is 12.4 Å². The largest absolute Gasteiger partial charge is 0.468 e. The van der Waals surface area contributed by atoms with Gasteiger partial charge in [-0.15, -0.1) is 0 Å². The van der Waals surface area contributed by atoms with Gasteiger partial charge in [0, 0.05) is 0 Å². The lowest BCUT2D eigenvalue weighted by Crippen LogP contribution is -1.97. The topological polar surface area (TPSA) is 26.3 Å². The van der Waals surface area contributed by atoms with Gasteiger partial charge in [0.05, 0.1) is 7.11 Å². The Morgan fingerprint density at radius 1 is 1.62 bits per heavy atom. The monoisotopic (exact) mass is 178 g/mol. The number of hydrogen-bond donors (Lipinski definition) is 0. The van der Waals surface area contributed by atoms with Crippen LogP contribution in [0.5, 0.6) is 0 Å². The zero-order chi connectivity index (χ0) is 9.52. The summed E-state index contributed by atoms with van der Waals surface area (Å²) in [6.07, 6.45) is 7.04. The molecule has 0 N–H and O–H groups in total. The van der Waals surface area contributed by atoms with Gasteiger partial charge < -0.3 is 4.74 Å². The van der Waals surface area contributed by atoms with Crippen LogP contribution in [0.25, 0.3) is 0 Å². The summed E-state index contributed by atoms with van der Waals surface area (Å²) in [7, 11) is 1.38. The SMILES string of the molecule is COC(=O)CC#CC1=CCCCC1. The Morgan fingerprint density at radius 3 is 3.08 bits per heavy atom. The van der Waals surface area contributed by atoms with E-state index in [9.17, 15) is 4.79 Å². The minimum Gasteiger partial charge on any atom is -0.468 e. The molecule has 0 atom stereocenters. The fraction of sp³-hybridized carbons (Fsp3) is 0.545. The van der Waals surface area contributed by atoms with Crippen molar-refractivity contribution in [1.82, 2.24) is 0 Å². The summed E-state index contributed by atoms with van der Waals surface area (Å²) in [5, 5.41) is 0. The maximum absolute atomic E-state index is 10.7. The summed E-state index contributed by atoms with van der Waals surface area (Å²) >= 11 is 0. The smallest absolute Gasteiger partial charge is 0.317 e. The van der Waals surface area contributed by atoms with Crippen LogP contribution in [-0.4, -0.2) is 13.1 Å². The molecule has 0 aromatic rings. The van der Waals surface area contributed by atoms with E-state index in [1.54, 1.807) is 0 Å². The van der Waals surface area contributed by atoms with Gasteiger partial charge in [0.25, 0.3) is 0 Å². The highest BCUT2D eigenvalue weighted by Gasteiger charge is 2.00. The Balaban J connectivity index is 2.37. The minimum absolute atomic E-state index is 0.202. The number of methoxy groups -OCH3 is 1. The summed E-state index contributed by atoms with van der Waals surface area (Å²) in [5.74, 6) is 5.55. The quantitative estimate of drug-likeness (QED) is 0.454. The molecule has 1 rings (SSSR count). The lowest BCUT2D eigenvalue weighted by atomic mass is 10.0. The van der Waals surface area contributed by atoms with Crippen molar-refractivity contribution in [3.8, 4) is 11.8 Å². The average molecular weight is 178 g/mol. The molecule has 0 radical (unpaired) electrons. The van der Waals surface area contributed by atoms with Crippen molar-refractivity contribution < 1.29 is 9.53 Å². The summed E-state index contributed by atoms with van der Waals surface area (Å²) in [6, 6.07) is 0. The molecule has 0 unspecified atom stereocenters. The summed E-state index contributed by atoms with van der Waals surface area (Å²) in [4.78, 5) is 10.7. The zero-order valence-electron chi connectivity index (χ0n) is 7.93. The molecule has 0 spiro atoms. The predicted molar refractivity (Wildman–Crippen MR) is 51.0 cm³/mol. The number of ether oxygens (including phenoxy) is 1. The summed E-state index contributed by atoms with van der Waals surface area (Å²) < 4.78 is 4.48. The lowest BCUT2D eigenvalue weighted by Gasteiger charge is -2.05. The first-order chi connectivity index (χ1) is 6.33. The molecule has 0 amide bonds. The molecule has 0 heterocycles. The van der Waals surface area contributed by atoms with Crippen molar-refractivity contribution in [1.29, 1.82) is 0 Å². The predicted octanol–water partition coefficient (Wildman–Crippen LogP) is 2.05. The van der Waals surface area contributed by atoms with Gasteiger partial charge in [-0.3, -0.25) is 4.79 Å². The number of hydrogen-bond acceptors (Lipinski definition) is 2. The number of carbonyl (C=O) groups is 1. The lowest BCUT2D eigenvalue weighted by molar-refractivity contribution is -0.139. The van der Waals surface area contributed by atoms with Gasteiger partial charge in [0.15, 0.2) is 0 Å². The Labute approximate surface area is 79.0 Å². The maximum Gasteiger partial charge on any atom is 0.317 e. The van der Waals surface area contributed by atoms with Crippen molar-refractivity contribution in [3.63, 3.8) is 0 Å². The van der Waals surface area contributed by atoms with Crippen LogP contribution in [0, 0.1) is 11.8 Å². The minimum atomic E-state index is -0.260. The molecule has 0 aromatic carbocycles. The number of esters is 1. The maximum atomic E-state index is 10.7. The van der Waals surface area contributed by atoms with Crippen LogP contribution in [0.2, 0.25) is 0 Å². The molecular weight excluding hydrogens is 164 g/mol. The molecule has 2 heteroatoms. The van der Waals surface area contributed by atoms with Crippen molar-refractivity contribution in [2.75, 3.05) is 7.11 Å². The van der Waals surface area contributed by atoms with Crippen molar-refractivity contribution in [2.45, 2.75) is 32.1 Å². The molecule has 0 saturated heterocycles. The Kier molecular flexibility index (Phi) is 4.11. The van der Waals surface area contributed by atoms with E-state index in [0.717, 1.165) is 12.8 Å². The molecule has 13 heavy (non-hydrogen) atoms. The Morgan fingerprint density at radius 2 is 2.46 bits per heavy atom. The van der Waals surface area contributed by atoms with Crippen molar-refractivity contribution in [2.24, 2.45) is 0 Å². The normalized spacial score (nSPS) is 15.3. The Hall–Kier alpha value is -1.23. The third-order valence-electron chi connectivity index (χ3n) is 2.00. The van der Waals surface area contributed by atoms with Gasteiger partial charge in [-0.2, -0.15) is 0 Å².